The van der Waals surface area contributed by atoms with Crippen LogP contribution in [0.1, 0.15) is 0 Å². The number of thiophene rings is 3. The fraction of sp³-hybridized carbons (Fsp3) is 0. The Hall–Kier alpha value is -18.0. The van der Waals surface area contributed by atoms with Crippen LogP contribution in [0.2, 0.25) is 0 Å². The van der Waals surface area contributed by atoms with Crippen molar-refractivity contribution >= 4 is 228 Å². The fourth-order valence-electron chi connectivity index (χ4n) is 20.6. The second-order valence-electron chi connectivity index (χ2n) is 36.1. The second-order valence-corrected chi connectivity index (χ2v) is 39.3. The Labute approximate surface area is 847 Å². The maximum absolute atomic E-state index is 6.48. The van der Waals surface area contributed by atoms with Crippen LogP contribution in [-0.2, 0) is 0 Å². The number of anilines is 12. The molecule has 680 valence electrons. The van der Waals surface area contributed by atoms with E-state index in [0.29, 0.717) is 0 Å². The third kappa shape index (κ3) is 17.0. The van der Waals surface area contributed by atoms with Crippen molar-refractivity contribution in [3.8, 4) is 44.5 Å². The molecular formula is C136H92N4OS3. The number of benzene rings is 24. The summed E-state index contributed by atoms with van der Waals surface area (Å²) in [6.45, 7) is 0. The van der Waals surface area contributed by atoms with E-state index in [1.165, 1.54) is 154 Å². The quantitative estimate of drug-likeness (QED) is 0.0961. The molecule has 0 N–H and O–H groups in total. The van der Waals surface area contributed by atoms with Gasteiger partial charge in [-0.05, 0) is 254 Å². The lowest BCUT2D eigenvalue weighted by Gasteiger charge is -2.28. The molecule has 0 saturated heterocycles. The lowest BCUT2D eigenvalue weighted by Crippen LogP contribution is -2.11. The average molecular weight is 1890 g/mol. The van der Waals surface area contributed by atoms with E-state index in [1.807, 2.05) is 46.1 Å². The van der Waals surface area contributed by atoms with Crippen molar-refractivity contribution in [3.05, 3.63) is 558 Å². The molecule has 0 aliphatic rings. The van der Waals surface area contributed by atoms with Gasteiger partial charge in [0.25, 0.3) is 0 Å². The van der Waals surface area contributed by atoms with Crippen LogP contribution in [0.5, 0.6) is 0 Å². The van der Waals surface area contributed by atoms with E-state index in [9.17, 15) is 0 Å². The van der Waals surface area contributed by atoms with Crippen molar-refractivity contribution < 1.29 is 4.42 Å². The molecule has 8 heteroatoms. The van der Waals surface area contributed by atoms with Crippen molar-refractivity contribution in [2.45, 2.75) is 0 Å². The van der Waals surface area contributed by atoms with Crippen molar-refractivity contribution in [2.24, 2.45) is 0 Å². The zero-order valence-electron chi connectivity index (χ0n) is 78.5. The smallest absolute Gasteiger partial charge is 0.143 e. The first-order valence-corrected chi connectivity index (χ1v) is 51.3. The van der Waals surface area contributed by atoms with Crippen LogP contribution in [0, 0.1) is 0 Å². The highest BCUT2D eigenvalue weighted by molar-refractivity contribution is 7.26. The van der Waals surface area contributed by atoms with Gasteiger partial charge >= 0.3 is 0 Å². The number of nitrogens with zero attached hydrogens (tertiary/aromatic N) is 4. The van der Waals surface area contributed by atoms with Crippen LogP contribution in [0.15, 0.2) is 563 Å². The number of hydrogen-bond donors (Lipinski definition) is 0. The third-order valence-corrected chi connectivity index (χ3v) is 30.7. The number of fused-ring (bicyclic) bond motifs is 16. The largest absolute Gasteiger partial charge is 0.455 e. The summed E-state index contributed by atoms with van der Waals surface area (Å²) in [5.41, 5.74) is 25.1. The summed E-state index contributed by atoms with van der Waals surface area (Å²) in [6.07, 6.45) is 0. The Morgan fingerprint density at radius 1 is 0.146 bits per heavy atom. The standard InChI is InChI=1S/C34H23NO.3C34H23NS/c1-3-14-26(15-4-1)35(27-16-5-2-6-17-27)32-23-25-13-8-7-12-24(25)22-31(32)30-20-11-19-29-28-18-9-10-21-33(28)36-34(29)30;1-3-14-26(15-4-1)35(27-16-5-2-6-17-27)31-23-25-13-8-7-12-24(25)22-30(31)28-19-11-21-33-34(28)29-18-9-10-20-32(29)36-33;1-3-13-27(14-4-1)35(28-15-5-2-6-16-28)32-23-25-12-8-7-11-24(25)21-30(32)26-19-20-34-31(22-26)29-17-9-10-18-33(29)36-34;1-3-13-27(14-4-1)35(28-15-5-2-6-16-28)32-22-25-12-8-7-11-24(25)21-31(32)26-19-20-30-29-17-9-10-18-33(29)36-34(30)23-26/h4*1-23H. The van der Waals surface area contributed by atoms with Crippen LogP contribution in [0.4, 0.5) is 68.2 Å². The molecule has 0 fully saturated rings. The average Bonchev–Trinajstić information content (AvgIpc) is 1.54. The maximum Gasteiger partial charge on any atom is 0.143 e. The van der Waals surface area contributed by atoms with Gasteiger partial charge in [-0.25, -0.2) is 0 Å². The summed E-state index contributed by atoms with van der Waals surface area (Å²) in [7, 11) is 0. The molecule has 28 aromatic rings. The van der Waals surface area contributed by atoms with Gasteiger partial charge in [0.15, 0.2) is 0 Å². The molecule has 144 heavy (non-hydrogen) atoms. The zero-order chi connectivity index (χ0) is 95.6. The molecule has 0 aliphatic carbocycles. The lowest BCUT2D eigenvalue weighted by atomic mass is 9.94. The van der Waals surface area contributed by atoms with Crippen molar-refractivity contribution in [1.82, 2.24) is 0 Å². The summed E-state index contributed by atoms with van der Waals surface area (Å²) in [4.78, 5) is 9.47. The van der Waals surface area contributed by atoms with E-state index in [4.69, 9.17) is 4.42 Å². The van der Waals surface area contributed by atoms with Gasteiger partial charge in [0.05, 0.1) is 22.7 Å². The van der Waals surface area contributed by atoms with E-state index in [1.54, 1.807) is 0 Å². The van der Waals surface area contributed by atoms with E-state index in [-0.39, 0.29) is 0 Å². The Morgan fingerprint density at radius 2 is 0.410 bits per heavy atom. The van der Waals surface area contributed by atoms with Gasteiger partial charge < -0.3 is 24.0 Å². The van der Waals surface area contributed by atoms with E-state index in [2.05, 4.69) is 566 Å². The highest BCUT2D eigenvalue weighted by atomic mass is 32.1. The summed E-state index contributed by atoms with van der Waals surface area (Å²) < 4.78 is 14.4. The molecule has 24 aromatic carbocycles. The highest BCUT2D eigenvalue weighted by Crippen LogP contribution is 2.53. The fourth-order valence-corrected chi connectivity index (χ4v) is 24.0. The van der Waals surface area contributed by atoms with E-state index in [0.717, 1.165) is 84.3 Å². The van der Waals surface area contributed by atoms with E-state index >= 15 is 0 Å². The summed E-state index contributed by atoms with van der Waals surface area (Å²) in [5.74, 6) is 0. The Balaban J connectivity index is 0.000000101. The van der Waals surface area contributed by atoms with Crippen molar-refractivity contribution in [1.29, 1.82) is 0 Å². The Bertz CT molecular complexity index is 9360. The molecule has 4 aromatic heterocycles. The van der Waals surface area contributed by atoms with Gasteiger partial charge in [0.1, 0.15) is 11.2 Å². The molecule has 0 radical (unpaired) electrons. The topological polar surface area (TPSA) is 26.1 Å². The highest BCUT2D eigenvalue weighted by Gasteiger charge is 2.27. The molecule has 0 unspecified atom stereocenters. The lowest BCUT2D eigenvalue weighted by molar-refractivity contribution is 0.670. The van der Waals surface area contributed by atoms with Crippen LogP contribution in [0.3, 0.4) is 0 Å². The molecule has 0 atom stereocenters. The number of furan rings is 1. The molecule has 0 bridgehead atoms. The van der Waals surface area contributed by atoms with Gasteiger partial charge in [-0.3, -0.25) is 0 Å². The molecule has 28 rings (SSSR count). The normalized spacial score (nSPS) is 11.3. The SMILES string of the molecule is c1ccc(N(c2ccccc2)c2cc3ccccc3cc2-c2ccc3c(c2)sc2ccccc23)cc1.c1ccc(N(c2ccccc2)c2cc3ccccc3cc2-c2ccc3sc4ccccc4c3c2)cc1.c1ccc(N(c2ccccc2)c2cc3ccccc3cc2-c2cccc3c2oc2ccccc23)cc1.c1ccc(N(c2ccccc2)c2cc3ccccc3cc2-c2cccc3sc4ccccc4c23)cc1. The monoisotopic (exact) mass is 1890 g/mol. The molecule has 5 nitrogen and oxygen atoms in total. The predicted molar refractivity (Wildman–Crippen MR) is 622 cm³/mol. The molecule has 4 heterocycles. The van der Waals surface area contributed by atoms with Crippen LogP contribution < -0.4 is 19.6 Å². The van der Waals surface area contributed by atoms with Crippen LogP contribution in [-0.4, -0.2) is 0 Å². The first-order chi connectivity index (χ1) is 71.4. The summed E-state index contributed by atoms with van der Waals surface area (Å²) in [6, 6.07) is 200. The molecule has 0 amide bonds. The molecule has 0 saturated carbocycles. The second kappa shape index (κ2) is 39.0. The van der Waals surface area contributed by atoms with Gasteiger partial charge in [-0.2, -0.15) is 0 Å². The van der Waals surface area contributed by atoms with Crippen molar-refractivity contribution in [2.75, 3.05) is 19.6 Å². The van der Waals surface area contributed by atoms with Crippen LogP contribution in [0.25, 0.3) is 170 Å². The minimum Gasteiger partial charge on any atom is -0.455 e. The summed E-state index contributed by atoms with van der Waals surface area (Å²) >= 11 is 5.60. The minimum atomic E-state index is 0.908. The van der Waals surface area contributed by atoms with E-state index < -0.39 is 0 Å². The Kier molecular flexibility index (Phi) is 23.7. The summed E-state index contributed by atoms with van der Waals surface area (Å²) in [5, 5.41) is 20.0. The zero-order valence-corrected chi connectivity index (χ0v) is 81.0. The first kappa shape index (κ1) is 87.5. The number of rotatable bonds is 16. The third-order valence-electron chi connectivity index (χ3n) is 27.3. The van der Waals surface area contributed by atoms with Gasteiger partial charge in [0, 0.05) is 145 Å². The Morgan fingerprint density at radius 3 is 0.826 bits per heavy atom. The molecule has 0 aliphatic heterocycles. The molecule has 0 spiro atoms. The first-order valence-electron chi connectivity index (χ1n) is 48.8. The number of para-hydroxylation sites is 10. The van der Waals surface area contributed by atoms with Crippen LogP contribution >= 0.6 is 34.0 Å². The van der Waals surface area contributed by atoms with Gasteiger partial charge in [0.2, 0.25) is 0 Å². The van der Waals surface area contributed by atoms with Crippen molar-refractivity contribution in [3.63, 3.8) is 0 Å². The molecular weight excluding hydrogens is 1800 g/mol. The minimum absolute atomic E-state index is 0.908. The predicted octanol–water partition coefficient (Wildman–Crippen LogP) is 40.9. The van der Waals surface area contributed by atoms with Gasteiger partial charge in [-0.15, -0.1) is 34.0 Å². The number of hydrogen-bond acceptors (Lipinski definition) is 8. The maximum atomic E-state index is 6.48. The van der Waals surface area contributed by atoms with Gasteiger partial charge in [-0.1, -0.05) is 364 Å².